The van der Waals surface area contributed by atoms with E-state index in [0.717, 1.165) is 76.7 Å². The Hall–Kier alpha value is -6.87. The molecule has 6 N–H and O–H groups in total. The van der Waals surface area contributed by atoms with Crippen LogP contribution in [0.2, 0.25) is 0 Å². The van der Waals surface area contributed by atoms with Crippen LogP contribution in [0.1, 0.15) is 93.7 Å². The Labute approximate surface area is 401 Å². The molecule has 11 rings (SSSR count). The molecule has 6 aliphatic rings. The summed E-state index contributed by atoms with van der Waals surface area (Å²) in [5, 5.41) is 29.7. The number of hydrogen-bond donors (Lipinski definition) is 6. The van der Waals surface area contributed by atoms with Crippen LogP contribution in [-0.2, 0) is 43.3 Å². The van der Waals surface area contributed by atoms with Crippen molar-refractivity contribution >= 4 is 62.2 Å². The third-order valence-electron chi connectivity index (χ3n) is 14.5. The molecule has 5 aromatic rings. The zero-order valence-corrected chi connectivity index (χ0v) is 40.0. The first-order valence-corrected chi connectivity index (χ1v) is 25.3. The maximum atomic E-state index is 13.4. The van der Waals surface area contributed by atoms with Crippen molar-refractivity contribution in [2.24, 2.45) is 0 Å². The molecule has 17 heteroatoms. The number of carbonyl (C=O) groups excluding carboxylic acids is 1. The monoisotopic (exact) mass is 946 g/mol. The van der Waals surface area contributed by atoms with Crippen molar-refractivity contribution in [3.8, 4) is 6.07 Å². The van der Waals surface area contributed by atoms with Crippen molar-refractivity contribution in [1.82, 2.24) is 25.5 Å². The SMILES string of the molecule is CC1(C)C2=C3C=C4C5=[N+](CCC4OC3CCN2c2ccc(CC(=O)NCCCNc3cc(Nc4cc(C6CC6)[nH]n4)nc(Nc4ccc(CC#N)cc4)n3)cc21)c1ccc(S(=O)(=O)O)cc1C5(C)C. The third kappa shape index (κ3) is 8.34. The zero-order valence-electron chi connectivity index (χ0n) is 39.2. The van der Waals surface area contributed by atoms with E-state index in [2.05, 4.69) is 99.0 Å². The van der Waals surface area contributed by atoms with Gasteiger partial charge < -0.3 is 30.9 Å². The fourth-order valence-corrected chi connectivity index (χ4v) is 11.6. The average molecular weight is 947 g/mol. The van der Waals surface area contributed by atoms with Gasteiger partial charge in [-0.05, 0) is 92.6 Å². The lowest BCUT2D eigenvalue weighted by Gasteiger charge is -2.42. The summed E-state index contributed by atoms with van der Waals surface area (Å²) < 4.78 is 43.5. The number of nitrogens with one attached hydrogen (secondary N) is 5. The topological polar surface area (TPSA) is 213 Å². The number of ether oxygens (including phenoxy) is 1. The Morgan fingerprint density at radius 1 is 0.899 bits per heavy atom. The maximum absolute atomic E-state index is 13.4. The Kier molecular flexibility index (Phi) is 11.0. The highest BCUT2D eigenvalue weighted by atomic mass is 32.2. The second-order valence-electron chi connectivity index (χ2n) is 20.0. The Morgan fingerprint density at radius 2 is 1.70 bits per heavy atom. The first-order chi connectivity index (χ1) is 33.1. The summed E-state index contributed by atoms with van der Waals surface area (Å²) in [6, 6.07) is 25.0. The van der Waals surface area contributed by atoms with Gasteiger partial charge in [-0.1, -0.05) is 38.1 Å². The lowest BCUT2D eigenvalue weighted by Crippen LogP contribution is -2.47. The van der Waals surface area contributed by atoms with Gasteiger partial charge in [-0.25, -0.2) is 0 Å². The summed E-state index contributed by atoms with van der Waals surface area (Å²) in [5.74, 6) is 2.75. The first kappa shape index (κ1) is 44.6. The standard InChI is InChI=1S/C52H55N11O5S/c1-51(2)37-24-31(8-14-40(37)62-22-17-42-35(48(51)62)27-36-43(68-42)18-23-63-41-15-13-34(69(65,66)67)26-38(41)52(3,4)49(36)63)25-47(64)55-21-5-20-54-44-29-45(57-46-28-39(60-61-46)32-9-10-32)59-50(58-44)56-33-11-6-30(7-12-33)16-19-53/h6-8,11-15,24,26-29,32,42-43H,5,9-10,16-18,20-23,25H2,1-4H3,(H5-,54,55,56,57,58,59,60,61,64,65,66,67)/p+1. The van der Waals surface area contributed by atoms with Crippen LogP contribution < -0.4 is 26.2 Å². The highest BCUT2D eigenvalue weighted by Gasteiger charge is 2.54. The zero-order chi connectivity index (χ0) is 47.8. The number of rotatable bonds is 14. The number of anilines is 6. The Morgan fingerprint density at radius 3 is 2.48 bits per heavy atom. The summed E-state index contributed by atoms with van der Waals surface area (Å²) >= 11 is 0. The third-order valence-corrected chi connectivity index (χ3v) is 15.4. The smallest absolute Gasteiger partial charge is 0.294 e. The molecule has 0 spiro atoms. The van der Waals surface area contributed by atoms with Gasteiger partial charge in [0.15, 0.2) is 18.1 Å². The van der Waals surface area contributed by atoms with Gasteiger partial charge in [0.05, 0.1) is 41.4 Å². The molecule has 354 valence electrons. The van der Waals surface area contributed by atoms with Crippen molar-refractivity contribution in [2.75, 3.05) is 47.0 Å². The number of allylic oxidation sites excluding steroid dienone is 1. The minimum Gasteiger partial charge on any atom is -0.370 e. The molecule has 69 heavy (non-hydrogen) atoms. The second-order valence-corrected chi connectivity index (χ2v) is 21.5. The van der Waals surface area contributed by atoms with E-state index in [4.69, 9.17) is 20.0 Å². The number of carbonyl (C=O) groups is 1. The van der Waals surface area contributed by atoms with Crippen LogP contribution in [0.15, 0.2) is 101 Å². The molecule has 3 aromatic carbocycles. The number of hydrogen-bond acceptors (Lipinski definition) is 12. The lowest BCUT2D eigenvalue weighted by atomic mass is 9.74. The van der Waals surface area contributed by atoms with Crippen LogP contribution in [0, 0.1) is 11.3 Å². The minimum atomic E-state index is -4.36. The number of H-pyrrole nitrogens is 1. The van der Waals surface area contributed by atoms with Gasteiger partial charge in [0.1, 0.15) is 11.6 Å². The summed E-state index contributed by atoms with van der Waals surface area (Å²) in [4.78, 5) is 25.2. The molecule has 0 bridgehead atoms. The molecule has 1 amide bonds. The second kappa shape index (κ2) is 17.0. The van der Waals surface area contributed by atoms with E-state index in [0.29, 0.717) is 55.3 Å². The van der Waals surface area contributed by atoms with Gasteiger partial charge in [0, 0.05) is 95.1 Å². The molecule has 2 unspecified atom stereocenters. The van der Waals surface area contributed by atoms with Crippen molar-refractivity contribution in [3.05, 3.63) is 124 Å². The van der Waals surface area contributed by atoms with E-state index in [1.54, 1.807) is 6.07 Å². The van der Waals surface area contributed by atoms with E-state index < -0.39 is 15.5 Å². The predicted octanol–water partition coefficient (Wildman–Crippen LogP) is 7.97. The summed E-state index contributed by atoms with van der Waals surface area (Å²) in [6.07, 6.45) is 7.50. The highest BCUT2D eigenvalue weighted by Crippen LogP contribution is 2.54. The van der Waals surface area contributed by atoms with Crippen LogP contribution >= 0.6 is 0 Å². The normalized spacial score (nSPS) is 20.4. The van der Waals surface area contributed by atoms with Gasteiger partial charge >= 0.3 is 0 Å². The predicted molar refractivity (Wildman–Crippen MR) is 264 cm³/mol. The Balaban J connectivity index is 0.754. The van der Waals surface area contributed by atoms with Crippen molar-refractivity contribution < 1.29 is 27.1 Å². The van der Waals surface area contributed by atoms with Crippen LogP contribution in [0.5, 0.6) is 0 Å². The molecule has 1 aliphatic carbocycles. The summed E-state index contributed by atoms with van der Waals surface area (Å²) in [6.45, 7) is 11.4. The van der Waals surface area contributed by atoms with E-state index >= 15 is 0 Å². The first-order valence-electron chi connectivity index (χ1n) is 23.9. The lowest BCUT2D eigenvalue weighted by molar-refractivity contribution is -0.445. The molecular formula is C52H56N11O5S+. The summed E-state index contributed by atoms with van der Waals surface area (Å²) in [7, 11) is -4.36. The number of aromatic amines is 1. The van der Waals surface area contributed by atoms with Crippen molar-refractivity contribution in [2.45, 2.75) is 106 Å². The molecular weight excluding hydrogens is 891 g/mol. The number of amides is 1. The van der Waals surface area contributed by atoms with Gasteiger partial charge in [-0.2, -0.15) is 33.3 Å². The van der Waals surface area contributed by atoms with E-state index in [1.165, 1.54) is 35.7 Å². The minimum absolute atomic E-state index is 0.0447. The van der Waals surface area contributed by atoms with E-state index in [9.17, 15) is 17.8 Å². The number of nitrogens with zero attached hydrogens (tertiary/aromatic N) is 6. The molecule has 5 aliphatic heterocycles. The molecule has 0 radical (unpaired) electrons. The van der Waals surface area contributed by atoms with Crippen LogP contribution in [0.25, 0.3) is 0 Å². The number of benzene rings is 3. The molecule has 0 saturated heterocycles. The average Bonchev–Trinajstić information content (AvgIpc) is 3.96. The molecule has 1 saturated carbocycles. The maximum Gasteiger partial charge on any atom is 0.294 e. The number of nitriles is 1. The van der Waals surface area contributed by atoms with E-state index in [-0.39, 0.29) is 34.8 Å². The molecule has 1 fully saturated rings. The van der Waals surface area contributed by atoms with Gasteiger partial charge in [0.25, 0.3) is 10.1 Å². The van der Waals surface area contributed by atoms with Gasteiger partial charge in [-0.3, -0.25) is 14.4 Å². The van der Waals surface area contributed by atoms with Crippen LogP contribution in [-0.4, -0.2) is 87.7 Å². The Bertz CT molecular complexity index is 3180. The number of aromatic nitrogens is 4. The van der Waals surface area contributed by atoms with Crippen molar-refractivity contribution in [3.63, 3.8) is 0 Å². The largest absolute Gasteiger partial charge is 0.370 e. The van der Waals surface area contributed by atoms with Gasteiger partial charge in [-0.15, -0.1) is 0 Å². The van der Waals surface area contributed by atoms with Crippen LogP contribution in [0.3, 0.4) is 0 Å². The van der Waals surface area contributed by atoms with Crippen molar-refractivity contribution in [1.29, 1.82) is 5.26 Å². The molecule has 7 heterocycles. The highest BCUT2D eigenvalue weighted by molar-refractivity contribution is 7.85. The van der Waals surface area contributed by atoms with Gasteiger partial charge in [0.2, 0.25) is 17.5 Å². The number of fused-ring (bicyclic) bond motifs is 8. The van der Waals surface area contributed by atoms with E-state index in [1.807, 2.05) is 42.5 Å². The fourth-order valence-electron chi connectivity index (χ4n) is 11.1. The fraction of sp³-hybridized carbons (Fsp3) is 0.385. The molecule has 16 nitrogen and oxygen atoms in total. The van der Waals surface area contributed by atoms with Crippen LogP contribution in [0.4, 0.5) is 40.5 Å². The quantitative estimate of drug-likeness (QED) is 0.0355. The molecule has 2 aromatic heterocycles. The summed E-state index contributed by atoms with van der Waals surface area (Å²) in [5.41, 5.74) is 11.7. The molecule has 2 atom stereocenters.